The summed E-state index contributed by atoms with van der Waals surface area (Å²) in [5.41, 5.74) is 0.879. The molecule has 1 aliphatic rings. The SMILES string of the molecule is Cc1nnc(-c2nc3sc(C4CCCN4C(=O)OCc4ccccc4)nc3c(=O)n2C)o1. The first-order valence-corrected chi connectivity index (χ1v) is 11.0. The predicted molar refractivity (Wildman–Crippen MR) is 116 cm³/mol. The average molecular weight is 452 g/mol. The summed E-state index contributed by atoms with van der Waals surface area (Å²) < 4.78 is 12.3. The minimum absolute atomic E-state index is 0.172. The molecule has 11 heteroatoms. The number of aryl methyl sites for hydroxylation is 1. The van der Waals surface area contributed by atoms with Gasteiger partial charge in [-0.1, -0.05) is 41.7 Å². The van der Waals surface area contributed by atoms with E-state index in [2.05, 4.69) is 20.2 Å². The van der Waals surface area contributed by atoms with Crippen LogP contribution in [0.1, 0.15) is 35.3 Å². The molecule has 1 aromatic carbocycles. The Morgan fingerprint density at radius 1 is 1.25 bits per heavy atom. The summed E-state index contributed by atoms with van der Waals surface area (Å²) in [6, 6.07) is 9.29. The number of thiazole rings is 1. The third-order valence-electron chi connectivity index (χ3n) is 5.35. The van der Waals surface area contributed by atoms with E-state index in [1.54, 1.807) is 18.9 Å². The maximum absolute atomic E-state index is 12.9. The summed E-state index contributed by atoms with van der Waals surface area (Å²) in [6.45, 7) is 2.45. The van der Waals surface area contributed by atoms with Gasteiger partial charge in [-0.25, -0.2) is 14.8 Å². The molecule has 0 saturated carbocycles. The lowest BCUT2D eigenvalue weighted by atomic mass is 10.2. The van der Waals surface area contributed by atoms with Gasteiger partial charge in [0.2, 0.25) is 11.7 Å². The van der Waals surface area contributed by atoms with Crippen molar-refractivity contribution in [3.63, 3.8) is 0 Å². The number of rotatable bonds is 4. The first-order chi connectivity index (χ1) is 15.5. The molecule has 0 spiro atoms. The van der Waals surface area contributed by atoms with Crippen LogP contribution in [0.15, 0.2) is 39.5 Å². The minimum Gasteiger partial charge on any atom is -0.445 e. The Morgan fingerprint density at radius 2 is 2.06 bits per heavy atom. The molecule has 5 rings (SSSR count). The molecular formula is C21H20N6O4S. The number of aromatic nitrogens is 5. The fourth-order valence-electron chi connectivity index (χ4n) is 3.73. The molecule has 0 radical (unpaired) electrons. The van der Waals surface area contributed by atoms with Crippen LogP contribution in [0.2, 0.25) is 0 Å². The molecule has 4 heterocycles. The number of hydrogen-bond acceptors (Lipinski definition) is 9. The Morgan fingerprint density at radius 3 is 2.81 bits per heavy atom. The molecule has 1 atom stereocenters. The second kappa shape index (κ2) is 8.15. The van der Waals surface area contributed by atoms with Crippen LogP contribution >= 0.6 is 11.3 Å². The Bertz CT molecular complexity index is 1350. The number of likely N-dealkylation sites (tertiary alicyclic amines) is 1. The van der Waals surface area contributed by atoms with Crippen LogP contribution < -0.4 is 5.56 Å². The molecule has 0 N–H and O–H groups in total. The fourth-order valence-corrected chi connectivity index (χ4v) is 4.81. The van der Waals surface area contributed by atoms with E-state index in [1.807, 2.05) is 30.3 Å². The van der Waals surface area contributed by atoms with Crippen molar-refractivity contribution in [1.29, 1.82) is 0 Å². The topological polar surface area (TPSA) is 116 Å². The Hall–Kier alpha value is -3.60. The van der Waals surface area contributed by atoms with E-state index in [4.69, 9.17) is 9.15 Å². The lowest BCUT2D eigenvalue weighted by molar-refractivity contribution is 0.0920. The van der Waals surface area contributed by atoms with Crippen LogP contribution in [0.25, 0.3) is 22.1 Å². The molecule has 1 aliphatic heterocycles. The van der Waals surface area contributed by atoms with Gasteiger partial charge in [0.15, 0.2) is 10.3 Å². The molecule has 1 saturated heterocycles. The van der Waals surface area contributed by atoms with E-state index in [0.29, 0.717) is 22.3 Å². The van der Waals surface area contributed by atoms with Gasteiger partial charge >= 0.3 is 6.09 Å². The Kier molecular flexibility index (Phi) is 5.17. The van der Waals surface area contributed by atoms with Crippen LogP contribution in [-0.4, -0.2) is 42.3 Å². The lowest BCUT2D eigenvalue weighted by Gasteiger charge is -2.22. The molecule has 0 bridgehead atoms. The first-order valence-electron chi connectivity index (χ1n) is 10.2. The Labute approximate surface area is 186 Å². The molecule has 32 heavy (non-hydrogen) atoms. The Balaban J connectivity index is 1.42. The van der Waals surface area contributed by atoms with E-state index in [9.17, 15) is 9.59 Å². The number of carbonyl (C=O) groups excluding carboxylic acids is 1. The molecule has 4 aromatic rings. The van der Waals surface area contributed by atoms with E-state index in [-0.39, 0.29) is 35.4 Å². The van der Waals surface area contributed by atoms with Crippen molar-refractivity contribution in [2.24, 2.45) is 7.05 Å². The zero-order valence-electron chi connectivity index (χ0n) is 17.5. The predicted octanol–water partition coefficient (Wildman–Crippen LogP) is 3.22. The number of amides is 1. The van der Waals surface area contributed by atoms with Gasteiger partial charge in [0.05, 0.1) is 6.04 Å². The van der Waals surface area contributed by atoms with Crippen molar-refractivity contribution < 1.29 is 13.9 Å². The van der Waals surface area contributed by atoms with Crippen molar-refractivity contribution in [1.82, 2.24) is 29.6 Å². The minimum atomic E-state index is -0.390. The maximum Gasteiger partial charge on any atom is 0.410 e. The summed E-state index contributed by atoms with van der Waals surface area (Å²) >= 11 is 1.29. The van der Waals surface area contributed by atoms with E-state index in [0.717, 1.165) is 18.4 Å². The van der Waals surface area contributed by atoms with Gasteiger partial charge in [-0.15, -0.1) is 10.2 Å². The van der Waals surface area contributed by atoms with E-state index in [1.165, 1.54) is 15.9 Å². The summed E-state index contributed by atoms with van der Waals surface area (Å²) in [4.78, 5) is 36.9. The summed E-state index contributed by atoms with van der Waals surface area (Å²) in [5.74, 6) is 0.838. The van der Waals surface area contributed by atoms with Crippen LogP contribution in [0.5, 0.6) is 0 Å². The smallest absolute Gasteiger partial charge is 0.410 e. The van der Waals surface area contributed by atoms with Crippen molar-refractivity contribution in [2.75, 3.05) is 6.54 Å². The molecule has 1 amide bonds. The van der Waals surface area contributed by atoms with E-state index >= 15 is 0 Å². The largest absolute Gasteiger partial charge is 0.445 e. The van der Waals surface area contributed by atoms with Gasteiger partial charge in [0, 0.05) is 20.5 Å². The van der Waals surface area contributed by atoms with Crippen LogP contribution in [0, 0.1) is 6.92 Å². The number of benzene rings is 1. The normalized spacial score (nSPS) is 16.1. The highest BCUT2D eigenvalue weighted by atomic mass is 32.1. The highest BCUT2D eigenvalue weighted by Gasteiger charge is 2.34. The molecule has 164 valence electrons. The van der Waals surface area contributed by atoms with Gasteiger partial charge in [-0.3, -0.25) is 14.3 Å². The van der Waals surface area contributed by atoms with Crippen molar-refractivity contribution in [3.05, 3.63) is 57.1 Å². The highest BCUT2D eigenvalue weighted by molar-refractivity contribution is 7.18. The molecule has 3 aromatic heterocycles. The van der Waals surface area contributed by atoms with Gasteiger partial charge in [-0.05, 0) is 18.4 Å². The van der Waals surface area contributed by atoms with Gasteiger partial charge in [0.1, 0.15) is 11.6 Å². The van der Waals surface area contributed by atoms with Crippen LogP contribution in [-0.2, 0) is 18.4 Å². The zero-order valence-corrected chi connectivity index (χ0v) is 18.3. The maximum atomic E-state index is 12.9. The van der Waals surface area contributed by atoms with Crippen molar-refractivity contribution >= 4 is 27.8 Å². The van der Waals surface area contributed by atoms with Gasteiger partial charge in [0.25, 0.3) is 11.4 Å². The van der Waals surface area contributed by atoms with Crippen molar-refractivity contribution in [2.45, 2.75) is 32.4 Å². The second-order valence-corrected chi connectivity index (χ2v) is 8.53. The van der Waals surface area contributed by atoms with Crippen LogP contribution in [0.4, 0.5) is 4.79 Å². The zero-order chi connectivity index (χ0) is 22.2. The summed E-state index contributed by atoms with van der Waals surface area (Å²) in [6.07, 6.45) is 1.19. The van der Waals surface area contributed by atoms with Gasteiger partial charge < -0.3 is 9.15 Å². The number of hydrogen-bond donors (Lipinski definition) is 0. The third-order valence-corrected chi connectivity index (χ3v) is 6.40. The summed E-state index contributed by atoms with van der Waals surface area (Å²) in [5, 5.41) is 8.44. The average Bonchev–Trinajstić information content (AvgIpc) is 3.54. The third kappa shape index (κ3) is 3.64. The quantitative estimate of drug-likeness (QED) is 0.463. The summed E-state index contributed by atoms with van der Waals surface area (Å²) in [7, 11) is 1.59. The second-order valence-electron chi connectivity index (χ2n) is 7.52. The molecular weight excluding hydrogens is 432 g/mol. The van der Waals surface area contributed by atoms with E-state index < -0.39 is 6.09 Å². The van der Waals surface area contributed by atoms with Gasteiger partial charge in [-0.2, -0.15) is 0 Å². The standard InChI is InChI=1S/C21H20N6O4S/c1-12-24-25-17(31-12)16-23-19-15(20(28)26(16)2)22-18(32-19)14-9-6-10-27(14)21(29)30-11-13-7-4-3-5-8-13/h3-5,7-8,14H,6,9-11H2,1-2H3. The highest BCUT2D eigenvalue weighted by Crippen LogP contribution is 2.36. The molecule has 1 fully saturated rings. The lowest BCUT2D eigenvalue weighted by Crippen LogP contribution is -2.31. The van der Waals surface area contributed by atoms with Crippen molar-refractivity contribution in [3.8, 4) is 11.7 Å². The molecule has 1 unspecified atom stereocenters. The molecule has 0 aliphatic carbocycles. The fraction of sp³-hybridized carbons (Fsp3) is 0.333. The van der Waals surface area contributed by atoms with Crippen LogP contribution in [0.3, 0.4) is 0 Å². The molecule has 10 nitrogen and oxygen atoms in total. The first kappa shape index (κ1) is 20.3. The number of ether oxygens (including phenoxy) is 1. The number of nitrogens with zero attached hydrogens (tertiary/aromatic N) is 6. The number of fused-ring (bicyclic) bond motifs is 1. The number of carbonyl (C=O) groups is 1. The monoisotopic (exact) mass is 452 g/mol.